The van der Waals surface area contributed by atoms with E-state index in [-0.39, 0.29) is 24.9 Å². The van der Waals surface area contributed by atoms with Crippen LogP contribution in [0.3, 0.4) is 0 Å². The van der Waals surface area contributed by atoms with Gasteiger partial charge in [0.15, 0.2) is 23.2 Å². The van der Waals surface area contributed by atoms with E-state index in [4.69, 9.17) is 0 Å². The van der Waals surface area contributed by atoms with Gasteiger partial charge in [-0.2, -0.15) is 9.53 Å². The first-order valence-electron chi connectivity index (χ1n) is 9.47. The number of rotatable bonds is 3. The zero-order chi connectivity index (χ0) is 21.0. The summed E-state index contributed by atoms with van der Waals surface area (Å²) < 4.78 is 28.4. The summed E-state index contributed by atoms with van der Waals surface area (Å²) >= 11 is 0. The lowest BCUT2D eigenvalue weighted by Gasteiger charge is -2.21. The Balaban J connectivity index is 1.80. The molecule has 0 atom stereocenters. The third kappa shape index (κ3) is 3.70. The van der Waals surface area contributed by atoms with Gasteiger partial charge in [-0.3, -0.25) is 0 Å². The molecule has 4 heterocycles. The maximum Gasteiger partial charge on any atom is 0.266 e. The van der Waals surface area contributed by atoms with Gasteiger partial charge in [0.1, 0.15) is 5.82 Å². The van der Waals surface area contributed by atoms with E-state index in [1.165, 1.54) is 11.0 Å². The maximum atomic E-state index is 13.8. The van der Waals surface area contributed by atoms with Crippen molar-refractivity contribution in [3.8, 4) is 0 Å². The van der Waals surface area contributed by atoms with E-state index in [1.807, 2.05) is 26.8 Å². The van der Waals surface area contributed by atoms with Crippen LogP contribution in [0.4, 0.5) is 14.6 Å². The Hall–Kier alpha value is -2.91. The van der Waals surface area contributed by atoms with Crippen molar-refractivity contribution in [2.24, 2.45) is 0 Å². The average molecular weight is 403 g/mol. The van der Waals surface area contributed by atoms with Crippen molar-refractivity contribution in [3.63, 3.8) is 0 Å². The van der Waals surface area contributed by atoms with Crippen molar-refractivity contribution < 1.29 is 13.5 Å². The third-order valence-corrected chi connectivity index (χ3v) is 5.04. The molecule has 0 saturated carbocycles. The molecule has 10 heteroatoms. The van der Waals surface area contributed by atoms with Gasteiger partial charge in [0.2, 0.25) is 5.65 Å². The second kappa shape index (κ2) is 6.57. The molecule has 3 aromatic heterocycles. The van der Waals surface area contributed by atoms with Gasteiger partial charge in [-0.1, -0.05) is 20.8 Å². The smallest absolute Gasteiger partial charge is 0.266 e. The van der Waals surface area contributed by atoms with Gasteiger partial charge in [0.05, 0.1) is 13.1 Å². The van der Waals surface area contributed by atoms with E-state index < -0.39 is 12.5 Å². The van der Waals surface area contributed by atoms with Crippen molar-refractivity contribution >= 4 is 17.0 Å². The average Bonchev–Trinajstić information content (AvgIpc) is 3.19. The molecule has 3 aromatic rings. The fourth-order valence-corrected chi connectivity index (χ4v) is 3.31. The van der Waals surface area contributed by atoms with Crippen LogP contribution >= 0.6 is 0 Å². The van der Waals surface area contributed by atoms with Crippen LogP contribution < -0.4 is 9.63 Å². The molecule has 0 spiro atoms. The van der Waals surface area contributed by atoms with Gasteiger partial charge in [-0.15, -0.1) is 10.2 Å². The summed E-state index contributed by atoms with van der Waals surface area (Å²) in [6.45, 7) is 7.67. The van der Waals surface area contributed by atoms with Crippen molar-refractivity contribution in [1.82, 2.24) is 25.0 Å². The van der Waals surface area contributed by atoms with Crippen LogP contribution in [0.2, 0.25) is 0 Å². The molecule has 1 fully saturated rings. The predicted molar refractivity (Wildman–Crippen MR) is 103 cm³/mol. The quantitative estimate of drug-likeness (QED) is 0.493. The fourth-order valence-electron chi connectivity index (χ4n) is 3.31. The van der Waals surface area contributed by atoms with Gasteiger partial charge >= 0.3 is 0 Å². The normalized spacial score (nSPS) is 16.7. The van der Waals surface area contributed by atoms with Crippen molar-refractivity contribution in [2.75, 3.05) is 18.0 Å². The SMILES string of the molecule is Cc1c(Cn2nc3nc(C(C)(C)C)nc(N4CCC(F)(F)C4)c3n2)ccc[n+]1[O-]. The number of fused-ring (bicyclic) bond motifs is 1. The molecular weight excluding hydrogens is 380 g/mol. The second-order valence-corrected chi connectivity index (χ2v) is 8.50. The van der Waals surface area contributed by atoms with Crippen LogP contribution in [0.1, 0.15) is 44.3 Å². The van der Waals surface area contributed by atoms with Gasteiger partial charge in [-0.25, -0.2) is 18.7 Å². The van der Waals surface area contributed by atoms with E-state index in [9.17, 15) is 14.0 Å². The van der Waals surface area contributed by atoms with Crippen LogP contribution in [-0.2, 0) is 12.0 Å². The first-order valence-corrected chi connectivity index (χ1v) is 9.47. The highest BCUT2D eigenvalue weighted by Crippen LogP contribution is 2.33. The molecule has 29 heavy (non-hydrogen) atoms. The van der Waals surface area contributed by atoms with E-state index in [2.05, 4.69) is 20.2 Å². The van der Waals surface area contributed by atoms with E-state index >= 15 is 0 Å². The molecule has 0 bridgehead atoms. The van der Waals surface area contributed by atoms with Crippen LogP contribution in [0.15, 0.2) is 18.3 Å². The minimum atomic E-state index is -2.75. The number of hydrogen-bond donors (Lipinski definition) is 0. The Morgan fingerprint density at radius 2 is 2.00 bits per heavy atom. The topological polar surface area (TPSA) is 86.7 Å². The lowest BCUT2D eigenvalue weighted by Crippen LogP contribution is -2.31. The first-order chi connectivity index (χ1) is 13.5. The van der Waals surface area contributed by atoms with Gasteiger partial charge in [0.25, 0.3) is 5.92 Å². The summed E-state index contributed by atoms with van der Waals surface area (Å²) in [5.41, 5.74) is 1.69. The first kappa shape index (κ1) is 19.4. The fraction of sp³-hybridized carbons (Fsp3) is 0.526. The highest BCUT2D eigenvalue weighted by molar-refractivity contribution is 5.82. The van der Waals surface area contributed by atoms with Gasteiger partial charge in [-0.05, 0) is 6.07 Å². The zero-order valence-corrected chi connectivity index (χ0v) is 16.9. The molecule has 1 saturated heterocycles. The largest absolute Gasteiger partial charge is 0.619 e. The Morgan fingerprint density at radius 3 is 2.66 bits per heavy atom. The van der Waals surface area contributed by atoms with E-state index in [0.29, 0.717) is 28.5 Å². The Labute approximate surface area is 166 Å². The van der Waals surface area contributed by atoms with Crippen LogP contribution in [0.25, 0.3) is 11.2 Å². The molecule has 0 aliphatic carbocycles. The van der Waals surface area contributed by atoms with Crippen LogP contribution in [0, 0.1) is 12.1 Å². The molecule has 0 aromatic carbocycles. The molecule has 4 rings (SSSR count). The molecule has 0 unspecified atom stereocenters. The Kier molecular flexibility index (Phi) is 4.39. The molecular formula is C19H23F2N7O. The summed E-state index contributed by atoms with van der Waals surface area (Å²) in [6, 6.07) is 3.49. The number of alkyl halides is 2. The highest BCUT2D eigenvalue weighted by Gasteiger charge is 2.40. The van der Waals surface area contributed by atoms with Gasteiger partial charge in [0, 0.05) is 36.9 Å². The van der Waals surface area contributed by atoms with E-state index in [1.54, 1.807) is 17.9 Å². The Morgan fingerprint density at radius 1 is 1.24 bits per heavy atom. The number of halogens is 2. The third-order valence-electron chi connectivity index (χ3n) is 5.04. The van der Waals surface area contributed by atoms with E-state index in [0.717, 1.165) is 10.3 Å². The molecule has 1 aliphatic rings. The lowest BCUT2D eigenvalue weighted by molar-refractivity contribution is -0.612. The monoisotopic (exact) mass is 403 g/mol. The maximum absolute atomic E-state index is 13.8. The molecule has 154 valence electrons. The summed E-state index contributed by atoms with van der Waals surface area (Å²) in [7, 11) is 0. The van der Waals surface area contributed by atoms with Gasteiger partial charge < -0.3 is 10.1 Å². The summed E-state index contributed by atoms with van der Waals surface area (Å²) in [5, 5.41) is 20.7. The molecule has 8 nitrogen and oxygen atoms in total. The molecule has 0 radical (unpaired) electrons. The van der Waals surface area contributed by atoms with Crippen LogP contribution in [-0.4, -0.2) is 44.0 Å². The number of pyridine rings is 1. The predicted octanol–water partition coefficient (Wildman–Crippen LogP) is 2.35. The molecule has 0 N–H and O–H groups in total. The lowest BCUT2D eigenvalue weighted by atomic mass is 9.96. The Bertz CT molecular complexity index is 1070. The summed E-state index contributed by atoms with van der Waals surface area (Å²) in [6.07, 6.45) is 1.21. The summed E-state index contributed by atoms with van der Waals surface area (Å²) in [4.78, 5) is 12.1. The van der Waals surface area contributed by atoms with Crippen molar-refractivity contribution in [2.45, 2.75) is 52.0 Å². The number of hydrogen-bond acceptors (Lipinski definition) is 6. The van der Waals surface area contributed by atoms with Crippen molar-refractivity contribution in [1.29, 1.82) is 0 Å². The second-order valence-electron chi connectivity index (χ2n) is 8.50. The molecule has 1 aliphatic heterocycles. The minimum absolute atomic E-state index is 0.198. The summed E-state index contributed by atoms with van der Waals surface area (Å²) in [5.74, 6) is -1.85. The molecule has 0 amide bonds. The number of nitrogens with zero attached hydrogens (tertiary/aromatic N) is 7. The zero-order valence-electron chi connectivity index (χ0n) is 16.9. The number of aromatic nitrogens is 6. The number of anilines is 1. The van der Waals surface area contributed by atoms with Crippen LogP contribution in [0.5, 0.6) is 0 Å². The minimum Gasteiger partial charge on any atom is -0.619 e. The highest BCUT2D eigenvalue weighted by atomic mass is 19.3. The standard InChI is InChI=1S/C19H23F2N7O/c1-12-13(6-5-8-27(12)29)10-28-24-14-15(25-28)22-17(18(2,3)4)23-16(14)26-9-7-19(20,21)11-26/h5-6,8H,7,9-11H2,1-4H3. The van der Waals surface area contributed by atoms with Crippen molar-refractivity contribution in [3.05, 3.63) is 40.6 Å².